The number of benzene rings is 1. The van der Waals surface area contributed by atoms with Gasteiger partial charge in [-0.2, -0.15) is 0 Å². The number of H-pyrrole nitrogens is 1. The molecular weight excluding hydrogens is 382 g/mol. The molecule has 0 atom stereocenters. The molecule has 1 aromatic carbocycles. The molecule has 0 spiro atoms. The summed E-state index contributed by atoms with van der Waals surface area (Å²) < 4.78 is 1.65. The van der Waals surface area contributed by atoms with E-state index in [0.717, 1.165) is 33.4 Å². The number of nitrogens with zero attached hydrogens (tertiary/aromatic N) is 2. The van der Waals surface area contributed by atoms with E-state index in [1.54, 1.807) is 24.5 Å². The van der Waals surface area contributed by atoms with E-state index in [-0.39, 0.29) is 5.56 Å². The SMILES string of the molecule is O=c1[nH]c2cc(-c3ccccc3Cl)sc2c(=O)n1-c1cncc(C2CC2)c1. The third-order valence-electron chi connectivity index (χ3n) is 4.77. The van der Waals surface area contributed by atoms with Crippen LogP contribution in [0.4, 0.5) is 0 Å². The van der Waals surface area contributed by atoms with Crippen molar-refractivity contribution in [3.63, 3.8) is 0 Å². The number of halogens is 1. The molecule has 1 fully saturated rings. The zero-order valence-electron chi connectivity index (χ0n) is 14.1. The summed E-state index contributed by atoms with van der Waals surface area (Å²) in [6.45, 7) is 0. The Morgan fingerprint density at radius 3 is 2.74 bits per heavy atom. The molecule has 0 radical (unpaired) electrons. The summed E-state index contributed by atoms with van der Waals surface area (Å²) in [5.74, 6) is 0.490. The molecule has 5 rings (SSSR count). The van der Waals surface area contributed by atoms with E-state index in [1.165, 1.54) is 11.3 Å². The van der Waals surface area contributed by atoms with Gasteiger partial charge in [-0.25, -0.2) is 9.36 Å². The quantitative estimate of drug-likeness (QED) is 0.561. The van der Waals surface area contributed by atoms with Gasteiger partial charge in [0.2, 0.25) is 0 Å². The van der Waals surface area contributed by atoms with E-state index in [9.17, 15) is 9.59 Å². The minimum Gasteiger partial charge on any atom is -0.306 e. The minimum atomic E-state index is -0.467. The van der Waals surface area contributed by atoms with E-state index in [0.29, 0.717) is 26.8 Å². The first-order valence-electron chi connectivity index (χ1n) is 8.61. The lowest BCUT2D eigenvalue weighted by atomic mass is 10.2. The van der Waals surface area contributed by atoms with Crippen molar-refractivity contribution < 1.29 is 0 Å². The van der Waals surface area contributed by atoms with Gasteiger partial charge < -0.3 is 4.98 Å². The number of pyridine rings is 1. The third-order valence-corrected chi connectivity index (χ3v) is 6.25. The Bertz CT molecular complexity index is 1300. The third kappa shape index (κ3) is 2.81. The maximum absolute atomic E-state index is 13.1. The van der Waals surface area contributed by atoms with Crippen molar-refractivity contribution in [3.8, 4) is 16.1 Å². The van der Waals surface area contributed by atoms with Crippen LogP contribution >= 0.6 is 22.9 Å². The summed E-state index contributed by atoms with van der Waals surface area (Å²) in [5, 5.41) is 0.605. The number of hydrogen-bond donors (Lipinski definition) is 1. The molecule has 0 amide bonds. The monoisotopic (exact) mass is 395 g/mol. The van der Waals surface area contributed by atoms with Crippen LogP contribution in [0.15, 0.2) is 58.4 Å². The van der Waals surface area contributed by atoms with Crippen molar-refractivity contribution in [1.82, 2.24) is 14.5 Å². The summed E-state index contributed by atoms with van der Waals surface area (Å²) in [4.78, 5) is 33.6. The van der Waals surface area contributed by atoms with Gasteiger partial charge in [0.05, 0.1) is 17.4 Å². The van der Waals surface area contributed by atoms with E-state index < -0.39 is 5.69 Å². The van der Waals surface area contributed by atoms with Gasteiger partial charge in [0.15, 0.2) is 0 Å². The molecule has 1 saturated carbocycles. The van der Waals surface area contributed by atoms with Gasteiger partial charge in [-0.15, -0.1) is 11.3 Å². The molecule has 27 heavy (non-hydrogen) atoms. The first-order valence-corrected chi connectivity index (χ1v) is 9.80. The van der Waals surface area contributed by atoms with Crippen molar-refractivity contribution in [2.24, 2.45) is 0 Å². The molecular formula is C20H14ClN3O2S. The molecule has 1 aliphatic rings. The molecule has 3 heterocycles. The average molecular weight is 396 g/mol. The predicted molar refractivity (Wildman–Crippen MR) is 108 cm³/mol. The number of nitrogens with one attached hydrogen (secondary N) is 1. The largest absolute Gasteiger partial charge is 0.333 e. The number of hydrogen-bond acceptors (Lipinski definition) is 4. The molecule has 1 N–H and O–H groups in total. The van der Waals surface area contributed by atoms with Crippen molar-refractivity contribution in [2.45, 2.75) is 18.8 Å². The Morgan fingerprint density at radius 2 is 1.96 bits per heavy atom. The second-order valence-electron chi connectivity index (χ2n) is 6.65. The molecule has 0 saturated heterocycles. The summed E-state index contributed by atoms with van der Waals surface area (Å²) in [6, 6.07) is 11.1. The minimum absolute atomic E-state index is 0.341. The second kappa shape index (κ2) is 6.18. The lowest BCUT2D eigenvalue weighted by Gasteiger charge is -2.06. The highest BCUT2D eigenvalue weighted by Crippen LogP contribution is 2.40. The Hall–Kier alpha value is -2.70. The molecule has 134 valence electrons. The van der Waals surface area contributed by atoms with Crippen LogP contribution in [0.5, 0.6) is 0 Å². The zero-order chi connectivity index (χ0) is 18.5. The van der Waals surface area contributed by atoms with Crippen LogP contribution in [-0.4, -0.2) is 14.5 Å². The highest BCUT2D eigenvalue weighted by atomic mass is 35.5. The van der Waals surface area contributed by atoms with Gasteiger partial charge in [-0.05, 0) is 42.5 Å². The normalized spacial score (nSPS) is 14.0. The summed E-state index contributed by atoms with van der Waals surface area (Å²) in [5.41, 5.74) is 2.12. The summed E-state index contributed by atoms with van der Waals surface area (Å²) in [7, 11) is 0. The number of aromatic nitrogens is 3. The van der Waals surface area contributed by atoms with Gasteiger partial charge >= 0.3 is 5.69 Å². The topological polar surface area (TPSA) is 67.8 Å². The molecule has 4 aromatic rings. The van der Waals surface area contributed by atoms with Crippen LogP contribution in [0.3, 0.4) is 0 Å². The van der Waals surface area contributed by atoms with Gasteiger partial charge in [-0.1, -0.05) is 29.8 Å². The van der Waals surface area contributed by atoms with Crippen LogP contribution in [-0.2, 0) is 0 Å². The van der Waals surface area contributed by atoms with Gasteiger partial charge in [0.25, 0.3) is 5.56 Å². The summed E-state index contributed by atoms with van der Waals surface area (Å²) in [6.07, 6.45) is 5.61. The van der Waals surface area contributed by atoms with E-state index in [1.807, 2.05) is 24.3 Å². The molecule has 0 unspecified atom stereocenters. The van der Waals surface area contributed by atoms with E-state index >= 15 is 0 Å². The van der Waals surface area contributed by atoms with Crippen LogP contribution in [0.25, 0.3) is 26.3 Å². The fraction of sp³-hybridized carbons (Fsp3) is 0.150. The standard InChI is InChI=1S/C20H14ClN3O2S/c21-15-4-2-1-3-14(15)17-8-16-18(27-17)19(25)24(20(26)23-16)13-7-12(9-22-10-13)11-5-6-11/h1-4,7-11H,5-6H2,(H,23,26). The highest BCUT2D eigenvalue weighted by Gasteiger charge is 2.24. The maximum Gasteiger partial charge on any atom is 0.333 e. The molecule has 0 aliphatic heterocycles. The Labute approximate surface area is 162 Å². The number of aromatic amines is 1. The Morgan fingerprint density at radius 1 is 1.15 bits per heavy atom. The average Bonchev–Trinajstić information content (AvgIpc) is 3.43. The van der Waals surface area contributed by atoms with Crippen LogP contribution in [0.1, 0.15) is 24.3 Å². The van der Waals surface area contributed by atoms with Crippen LogP contribution in [0, 0.1) is 0 Å². The van der Waals surface area contributed by atoms with Gasteiger partial charge in [0, 0.05) is 21.7 Å². The van der Waals surface area contributed by atoms with E-state index in [4.69, 9.17) is 11.6 Å². The van der Waals surface area contributed by atoms with Crippen molar-refractivity contribution >= 4 is 33.2 Å². The Balaban J connectivity index is 1.71. The number of thiophene rings is 1. The lowest BCUT2D eigenvalue weighted by molar-refractivity contribution is 0.891. The fourth-order valence-electron chi connectivity index (χ4n) is 3.24. The number of fused-ring (bicyclic) bond motifs is 1. The first kappa shape index (κ1) is 16.5. The van der Waals surface area contributed by atoms with Crippen molar-refractivity contribution in [3.05, 3.63) is 80.2 Å². The lowest BCUT2D eigenvalue weighted by Crippen LogP contribution is -2.33. The Kier molecular flexibility index (Phi) is 3.77. The highest BCUT2D eigenvalue weighted by molar-refractivity contribution is 7.22. The predicted octanol–water partition coefficient (Wildman–Crippen LogP) is 4.33. The molecule has 5 nitrogen and oxygen atoms in total. The van der Waals surface area contributed by atoms with Crippen LogP contribution < -0.4 is 11.2 Å². The van der Waals surface area contributed by atoms with Gasteiger partial charge in [0.1, 0.15) is 4.70 Å². The number of rotatable bonds is 3. The molecule has 7 heteroatoms. The van der Waals surface area contributed by atoms with Crippen molar-refractivity contribution in [1.29, 1.82) is 0 Å². The van der Waals surface area contributed by atoms with Gasteiger partial charge in [-0.3, -0.25) is 9.78 Å². The van der Waals surface area contributed by atoms with Crippen molar-refractivity contribution in [2.75, 3.05) is 0 Å². The second-order valence-corrected chi connectivity index (χ2v) is 8.11. The smallest absolute Gasteiger partial charge is 0.306 e. The maximum atomic E-state index is 13.1. The molecule has 1 aliphatic carbocycles. The first-order chi connectivity index (χ1) is 13.1. The van der Waals surface area contributed by atoms with Crippen LogP contribution in [0.2, 0.25) is 5.02 Å². The zero-order valence-corrected chi connectivity index (χ0v) is 15.7. The fourth-order valence-corrected chi connectivity index (χ4v) is 4.62. The summed E-state index contributed by atoms with van der Waals surface area (Å²) >= 11 is 7.60. The molecule has 3 aromatic heterocycles. The van der Waals surface area contributed by atoms with E-state index in [2.05, 4.69) is 9.97 Å². The molecule has 0 bridgehead atoms.